The van der Waals surface area contributed by atoms with Gasteiger partial charge in [-0.25, -0.2) is 14.4 Å². The first-order valence-corrected chi connectivity index (χ1v) is 9.11. The largest absolute Gasteiger partial charge is 0.482 e. The number of nitrogens with zero attached hydrogens (tertiary/aromatic N) is 5. The van der Waals surface area contributed by atoms with E-state index in [9.17, 15) is 4.39 Å². The zero-order valence-corrected chi connectivity index (χ0v) is 16.4. The summed E-state index contributed by atoms with van der Waals surface area (Å²) in [7, 11) is 3.74. The molecule has 0 aliphatic carbocycles. The summed E-state index contributed by atoms with van der Waals surface area (Å²) in [6.07, 6.45) is 6.44. The van der Waals surface area contributed by atoms with E-state index < -0.39 is 6.10 Å². The van der Waals surface area contributed by atoms with Crippen molar-refractivity contribution in [3.8, 4) is 28.4 Å². The first kappa shape index (κ1) is 18.7. The molecule has 3 heterocycles. The number of rotatable bonds is 5. The summed E-state index contributed by atoms with van der Waals surface area (Å²) in [4.78, 5) is 8.63. The van der Waals surface area contributed by atoms with Gasteiger partial charge >= 0.3 is 0 Å². The lowest BCUT2D eigenvalue weighted by molar-refractivity contribution is 0.227. The molecule has 0 radical (unpaired) electrons. The molecule has 0 aliphatic heterocycles. The lowest BCUT2D eigenvalue weighted by Crippen LogP contribution is -2.09. The maximum Gasteiger partial charge on any atom is 0.166 e. The van der Waals surface area contributed by atoms with Crippen LogP contribution in [0.25, 0.3) is 22.6 Å². The highest BCUT2D eigenvalue weighted by molar-refractivity contribution is 5.65. The third kappa shape index (κ3) is 3.56. The highest BCUT2D eigenvalue weighted by Gasteiger charge is 2.19. The fraction of sp³-hybridized carbons (Fsp3) is 0.190. The molecule has 0 fully saturated rings. The number of imidazole rings is 1. The molecule has 7 nitrogen and oxygen atoms in total. The monoisotopic (exact) mass is 392 g/mol. The number of aromatic nitrogens is 5. The molecular weight excluding hydrogens is 371 g/mol. The zero-order chi connectivity index (χ0) is 20.5. The summed E-state index contributed by atoms with van der Waals surface area (Å²) in [6, 6.07) is 8.28. The molecule has 0 bridgehead atoms. The normalized spacial score (nSPS) is 12.1. The number of anilines is 1. The average Bonchev–Trinajstić information content (AvgIpc) is 3.31. The number of hydrogen-bond donors (Lipinski definition) is 1. The second-order valence-electron chi connectivity index (χ2n) is 6.80. The Morgan fingerprint density at radius 3 is 2.62 bits per heavy atom. The van der Waals surface area contributed by atoms with Gasteiger partial charge in [0.15, 0.2) is 11.6 Å². The molecule has 0 saturated carbocycles. The van der Waals surface area contributed by atoms with Gasteiger partial charge in [-0.05, 0) is 37.3 Å². The number of nitrogens with two attached hydrogens (primary N) is 1. The van der Waals surface area contributed by atoms with Gasteiger partial charge in [-0.2, -0.15) is 5.10 Å². The van der Waals surface area contributed by atoms with Crippen molar-refractivity contribution in [1.29, 1.82) is 0 Å². The SMILES string of the molecule is CC(Oc1cc(-c2ccnn2C)cnc1N)c1cc(F)ccc1-c1nccn1C. The van der Waals surface area contributed by atoms with Crippen LogP contribution in [-0.2, 0) is 14.1 Å². The maximum atomic E-state index is 14.0. The van der Waals surface area contributed by atoms with E-state index in [-0.39, 0.29) is 11.6 Å². The highest BCUT2D eigenvalue weighted by Crippen LogP contribution is 2.34. The van der Waals surface area contributed by atoms with E-state index >= 15 is 0 Å². The Morgan fingerprint density at radius 1 is 1.10 bits per heavy atom. The Hall–Kier alpha value is -3.68. The molecule has 0 amide bonds. The van der Waals surface area contributed by atoms with Crippen molar-refractivity contribution in [2.24, 2.45) is 14.1 Å². The molecule has 148 valence electrons. The minimum absolute atomic E-state index is 0.262. The summed E-state index contributed by atoms with van der Waals surface area (Å²) in [5.41, 5.74) is 9.22. The molecule has 1 aromatic carbocycles. The molecule has 8 heteroatoms. The fourth-order valence-electron chi connectivity index (χ4n) is 3.30. The van der Waals surface area contributed by atoms with E-state index in [1.54, 1.807) is 29.3 Å². The van der Waals surface area contributed by atoms with Crippen molar-refractivity contribution >= 4 is 5.82 Å². The molecule has 4 aromatic rings. The van der Waals surface area contributed by atoms with Crippen molar-refractivity contribution < 1.29 is 9.13 Å². The number of nitrogen functional groups attached to an aromatic ring is 1. The smallest absolute Gasteiger partial charge is 0.166 e. The van der Waals surface area contributed by atoms with Crippen LogP contribution in [0.4, 0.5) is 10.2 Å². The van der Waals surface area contributed by atoms with Gasteiger partial charge < -0.3 is 15.0 Å². The average molecular weight is 392 g/mol. The molecule has 0 spiro atoms. The van der Waals surface area contributed by atoms with Crippen LogP contribution in [0.1, 0.15) is 18.6 Å². The van der Waals surface area contributed by atoms with Crippen molar-refractivity contribution in [1.82, 2.24) is 24.3 Å². The van der Waals surface area contributed by atoms with E-state index in [1.165, 1.54) is 12.1 Å². The van der Waals surface area contributed by atoms with Gasteiger partial charge in [-0.3, -0.25) is 4.68 Å². The van der Waals surface area contributed by atoms with Crippen LogP contribution in [0.3, 0.4) is 0 Å². The second kappa shape index (κ2) is 7.38. The van der Waals surface area contributed by atoms with E-state index in [0.29, 0.717) is 11.3 Å². The van der Waals surface area contributed by atoms with Crippen molar-refractivity contribution in [3.05, 3.63) is 66.5 Å². The lowest BCUT2D eigenvalue weighted by atomic mass is 10.0. The summed E-state index contributed by atoms with van der Waals surface area (Å²) in [5.74, 6) is 1.07. The number of hydrogen-bond acceptors (Lipinski definition) is 5. The van der Waals surface area contributed by atoms with Crippen LogP contribution in [0, 0.1) is 5.82 Å². The van der Waals surface area contributed by atoms with E-state index in [4.69, 9.17) is 10.5 Å². The number of pyridine rings is 1. The summed E-state index contributed by atoms with van der Waals surface area (Å²) < 4.78 is 23.8. The summed E-state index contributed by atoms with van der Waals surface area (Å²) in [5, 5.41) is 4.18. The van der Waals surface area contributed by atoms with Gasteiger partial charge in [0.2, 0.25) is 0 Å². The quantitative estimate of drug-likeness (QED) is 0.559. The van der Waals surface area contributed by atoms with Gasteiger partial charge in [0.1, 0.15) is 17.7 Å². The van der Waals surface area contributed by atoms with Crippen LogP contribution in [0.5, 0.6) is 5.75 Å². The Labute approximate surface area is 167 Å². The van der Waals surface area contributed by atoms with Crippen LogP contribution < -0.4 is 10.5 Å². The third-order valence-corrected chi connectivity index (χ3v) is 4.82. The van der Waals surface area contributed by atoms with Gasteiger partial charge in [0.25, 0.3) is 0 Å². The maximum absolute atomic E-state index is 14.0. The van der Waals surface area contributed by atoms with Crippen LogP contribution in [0.15, 0.2) is 55.1 Å². The molecule has 2 N–H and O–H groups in total. The number of aryl methyl sites for hydroxylation is 2. The van der Waals surface area contributed by atoms with Crippen LogP contribution in [-0.4, -0.2) is 24.3 Å². The number of ether oxygens (including phenoxy) is 1. The third-order valence-electron chi connectivity index (χ3n) is 4.82. The molecule has 0 saturated heterocycles. The van der Waals surface area contributed by atoms with Crippen molar-refractivity contribution in [2.45, 2.75) is 13.0 Å². The standard InChI is InChI=1S/C21H21FN6O/c1-13(17-11-15(22)4-5-16(17)21-24-8-9-27(21)2)29-19-10-14(12-25-20(19)23)18-6-7-26-28(18)3/h4-13H,1-3H3,(H2,23,25). The van der Waals surface area contributed by atoms with E-state index in [0.717, 1.165) is 22.6 Å². The molecule has 1 atom stereocenters. The molecule has 4 rings (SSSR count). The first-order valence-electron chi connectivity index (χ1n) is 9.11. The molecule has 3 aromatic heterocycles. The Balaban J connectivity index is 1.71. The molecule has 29 heavy (non-hydrogen) atoms. The van der Waals surface area contributed by atoms with Crippen molar-refractivity contribution in [3.63, 3.8) is 0 Å². The van der Waals surface area contributed by atoms with Crippen molar-refractivity contribution in [2.75, 3.05) is 5.73 Å². The van der Waals surface area contributed by atoms with E-state index in [2.05, 4.69) is 15.1 Å². The van der Waals surface area contributed by atoms with Gasteiger partial charge in [-0.15, -0.1) is 0 Å². The minimum atomic E-state index is -0.483. The number of halogens is 1. The zero-order valence-electron chi connectivity index (χ0n) is 16.4. The Morgan fingerprint density at radius 2 is 1.93 bits per heavy atom. The van der Waals surface area contributed by atoms with Gasteiger partial charge in [-0.1, -0.05) is 0 Å². The fourth-order valence-corrected chi connectivity index (χ4v) is 3.30. The lowest BCUT2D eigenvalue weighted by Gasteiger charge is -2.20. The highest BCUT2D eigenvalue weighted by atomic mass is 19.1. The molecular formula is C21H21FN6O. The molecule has 1 unspecified atom stereocenters. The predicted octanol–water partition coefficient (Wildman–Crippen LogP) is 3.74. The second-order valence-corrected chi connectivity index (χ2v) is 6.80. The van der Waals surface area contributed by atoms with Gasteiger partial charge in [0.05, 0.1) is 5.69 Å². The van der Waals surface area contributed by atoms with E-state index in [1.807, 2.05) is 43.9 Å². The number of benzene rings is 1. The minimum Gasteiger partial charge on any atom is -0.482 e. The predicted molar refractivity (Wildman–Crippen MR) is 108 cm³/mol. The topological polar surface area (TPSA) is 83.8 Å². The first-order chi connectivity index (χ1) is 13.9. The van der Waals surface area contributed by atoms with Crippen LogP contribution in [0.2, 0.25) is 0 Å². The van der Waals surface area contributed by atoms with Gasteiger partial charge in [0, 0.05) is 55.6 Å². The summed E-state index contributed by atoms with van der Waals surface area (Å²) in [6.45, 7) is 1.84. The summed E-state index contributed by atoms with van der Waals surface area (Å²) >= 11 is 0. The van der Waals surface area contributed by atoms with Crippen LogP contribution >= 0.6 is 0 Å². The molecule has 0 aliphatic rings. The Kier molecular flexibility index (Phi) is 4.75. The Bertz CT molecular complexity index is 1170.